The van der Waals surface area contributed by atoms with E-state index in [1.165, 1.54) is 48.5 Å². The van der Waals surface area contributed by atoms with Crippen molar-refractivity contribution < 1.29 is 37.6 Å². The molecule has 0 amide bonds. The summed E-state index contributed by atoms with van der Waals surface area (Å²) in [6.07, 6.45) is 0. The molecular formula is C24H14N4O12S. The van der Waals surface area contributed by atoms with Gasteiger partial charge in [0.2, 0.25) is 9.84 Å². The Labute approximate surface area is 228 Å². The quantitative estimate of drug-likeness (QED) is 0.161. The number of nitro benzene ring substituents is 4. The van der Waals surface area contributed by atoms with Gasteiger partial charge in [0.15, 0.2) is 0 Å². The summed E-state index contributed by atoms with van der Waals surface area (Å²) in [4.78, 5) is 40.3. The van der Waals surface area contributed by atoms with Crippen molar-refractivity contribution in [2.45, 2.75) is 9.79 Å². The second-order valence-corrected chi connectivity index (χ2v) is 9.93. The molecule has 17 heteroatoms. The van der Waals surface area contributed by atoms with E-state index in [0.717, 1.165) is 36.4 Å². The molecule has 0 spiro atoms. The first-order valence-corrected chi connectivity index (χ1v) is 12.5. The minimum Gasteiger partial charge on any atom is -0.457 e. The fourth-order valence-electron chi connectivity index (χ4n) is 3.52. The van der Waals surface area contributed by atoms with E-state index < -0.39 is 52.3 Å². The maximum absolute atomic E-state index is 13.1. The van der Waals surface area contributed by atoms with E-state index in [1.807, 2.05) is 0 Å². The molecule has 0 atom stereocenters. The molecule has 0 aliphatic rings. The van der Waals surface area contributed by atoms with E-state index in [1.54, 1.807) is 0 Å². The third-order valence-corrected chi connectivity index (χ3v) is 7.21. The van der Waals surface area contributed by atoms with Crippen molar-refractivity contribution >= 4 is 32.6 Å². The third-order valence-electron chi connectivity index (χ3n) is 5.42. The van der Waals surface area contributed by atoms with E-state index >= 15 is 0 Å². The molecule has 4 rings (SSSR count). The van der Waals surface area contributed by atoms with Crippen LogP contribution in [0.4, 0.5) is 22.7 Å². The fraction of sp³-hybridized carbons (Fsp3) is 0. The second-order valence-electron chi connectivity index (χ2n) is 7.98. The van der Waals surface area contributed by atoms with Gasteiger partial charge in [0.25, 0.3) is 0 Å². The van der Waals surface area contributed by atoms with Crippen LogP contribution in [0.15, 0.2) is 94.7 Å². The molecule has 208 valence electrons. The predicted octanol–water partition coefficient (Wildman–Crippen LogP) is 5.74. The van der Waals surface area contributed by atoms with Crippen LogP contribution in [0.2, 0.25) is 0 Å². The smallest absolute Gasteiger partial charge is 0.349 e. The van der Waals surface area contributed by atoms with Crippen LogP contribution in [0.3, 0.4) is 0 Å². The lowest BCUT2D eigenvalue weighted by atomic mass is 10.2. The molecule has 0 bridgehead atoms. The summed E-state index contributed by atoms with van der Waals surface area (Å²) in [5.41, 5.74) is -2.97. The molecule has 0 unspecified atom stereocenters. The number of rotatable bonds is 10. The number of ether oxygens (including phenoxy) is 2. The predicted molar refractivity (Wildman–Crippen MR) is 138 cm³/mol. The molecule has 0 aliphatic heterocycles. The highest BCUT2D eigenvalue weighted by Crippen LogP contribution is 2.35. The van der Waals surface area contributed by atoms with E-state index in [2.05, 4.69) is 0 Å². The van der Waals surface area contributed by atoms with E-state index in [0.29, 0.717) is 0 Å². The minimum absolute atomic E-state index is 0.0770. The first-order valence-electron chi connectivity index (χ1n) is 11.0. The van der Waals surface area contributed by atoms with Gasteiger partial charge in [0.05, 0.1) is 41.6 Å². The molecule has 4 aromatic rings. The normalized spacial score (nSPS) is 10.9. The molecular weight excluding hydrogens is 568 g/mol. The summed E-state index contributed by atoms with van der Waals surface area (Å²) in [6, 6.07) is 16.0. The van der Waals surface area contributed by atoms with Crippen LogP contribution in [0.5, 0.6) is 23.0 Å². The Morgan fingerprint density at radius 2 is 0.732 bits per heavy atom. The third kappa shape index (κ3) is 6.04. The standard InChI is InChI=1S/C24H14N4O12S/c29-25(30)21-11-5-17(13-23(21)27(33)34)39-15-1-7-19(8-2-15)41(37,38)20-9-3-16(4-10-20)40-18-6-12-22(26(31)32)24(14-18)28(35)36/h1-14H. The van der Waals surface area contributed by atoms with E-state index in [9.17, 15) is 48.9 Å². The lowest BCUT2D eigenvalue weighted by molar-refractivity contribution is -0.422. The van der Waals surface area contributed by atoms with Crippen molar-refractivity contribution in [3.05, 3.63) is 125 Å². The van der Waals surface area contributed by atoms with Crippen LogP contribution in [0.25, 0.3) is 0 Å². The number of hydrogen-bond acceptors (Lipinski definition) is 12. The number of nitrogens with zero attached hydrogens (tertiary/aromatic N) is 4. The van der Waals surface area contributed by atoms with Crippen molar-refractivity contribution in [3.8, 4) is 23.0 Å². The monoisotopic (exact) mass is 582 g/mol. The van der Waals surface area contributed by atoms with Crippen LogP contribution >= 0.6 is 0 Å². The maximum atomic E-state index is 13.1. The Balaban J connectivity index is 1.50. The zero-order valence-electron chi connectivity index (χ0n) is 20.2. The Bertz CT molecular complexity index is 1680. The lowest BCUT2D eigenvalue weighted by Gasteiger charge is -2.09. The maximum Gasteiger partial charge on any atom is 0.349 e. The zero-order valence-corrected chi connectivity index (χ0v) is 21.0. The van der Waals surface area contributed by atoms with Gasteiger partial charge in [0, 0.05) is 12.1 Å². The molecule has 4 aromatic carbocycles. The molecule has 0 aliphatic carbocycles. The van der Waals surface area contributed by atoms with Crippen LogP contribution in [-0.2, 0) is 9.84 Å². The molecule has 0 heterocycles. The molecule has 0 aromatic heterocycles. The van der Waals surface area contributed by atoms with Gasteiger partial charge in [-0.1, -0.05) is 0 Å². The summed E-state index contributed by atoms with van der Waals surface area (Å²) in [5, 5.41) is 44.2. The Kier molecular flexibility index (Phi) is 7.54. The highest BCUT2D eigenvalue weighted by atomic mass is 32.2. The fourth-order valence-corrected chi connectivity index (χ4v) is 4.78. The molecule has 41 heavy (non-hydrogen) atoms. The molecule has 0 N–H and O–H groups in total. The SMILES string of the molecule is O=[N+]([O-])c1ccc(Oc2ccc(S(=O)(=O)c3ccc(Oc4ccc([N+](=O)[O-])c([N+](=O)[O-])c4)cc3)cc2)cc1[N+](=O)[O-]. The summed E-state index contributed by atoms with van der Waals surface area (Å²) in [7, 11) is -4.02. The number of nitro groups is 4. The van der Waals surface area contributed by atoms with Crippen molar-refractivity contribution in [1.29, 1.82) is 0 Å². The Morgan fingerprint density at radius 1 is 0.439 bits per heavy atom. The van der Waals surface area contributed by atoms with Crippen LogP contribution in [0, 0.1) is 40.5 Å². The number of hydrogen-bond donors (Lipinski definition) is 0. The van der Waals surface area contributed by atoms with Gasteiger partial charge in [-0.15, -0.1) is 0 Å². The second kappa shape index (κ2) is 11.0. The van der Waals surface area contributed by atoms with Gasteiger partial charge in [-0.05, 0) is 60.7 Å². The molecule has 0 fully saturated rings. The molecule has 0 radical (unpaired) electrons. The average Bonchev–Trinajstić information content (AvgIpc) is 2.93. The van der Waals surface area contributed by atoms with E-state index in [-0.39, 0.29) is 32.8 Å². The van der Waals surface area contributed by atoms with Gasteiger partial charge >= 0.3 is 22.7 Å². The van der Waals surface area contributed by atoms with Crippen LogP contribution in [-0.4, -0.2) is 28.1 Å². The minimum atomic E-state index is -4.02. The molecule has 16 nitrogen and oxygen atoms in total. The van der Waals surface area contributed by atoms with Crippen LogP contribution in [0.1, 0.15) is 0 Å². The van der Waals surface area contributed by atoms with Crippen molar-refractivity contribution in [1.82, 2.24) is 0 Å². The zero-order chi connectivity index (χ0) is 29.9. The van der Waals surface area contributed by atoms with Crippen molar-refractivity contribution in [2.75, 3.05) is 0 Å². The lowest BCUT2D eigenvalue weighted by Crippen LogP contribution is -2.02. The topological polar surface area (TPSA) is 225 Å². The van der Waals surface area contributed by atoms with Gasteiger partial charge in [0.1, 0.15) is 23.0 Å². The highest BCUT2D eigenvalue weighted by Gasteiger charge is 2.26. The van der Waals surface area contributed by atoms with Crippen molar-refractivity contribution in [3.63, 3.8) is 0 Å². The summed E-state index contributed by atoms with van der Waals surface area (Å²) in [5.74, 6) is 0.0554. The van der Waals surface area contributed by atoms with Gasteiger partial charge < -0.3 is 9.47 Å². The first kappa shape index (κ1) is 28.0. The summed E-state index contributed by atoms with van der Waals surface area (Å²) in [6.45, 7) is 0. The molecule has 0 saturated heterocycles. The molecule has 0 saturated carbocycles. The number of benzene rings is 4. The van der Waals surface area contributed by atoms with E-state index in [4.69, 9.17) is 9.47 Å². The summed E-state index contributed by atoms with van der Waals surface area (Å²) >= 11 is 0. The highest BCUT2D eigenvalue weighted by molar-refractivity contribution is 7.91. The van der Waals surface area contributed by atoms with Crippen molar-refractivity contribution in [2.24, 2.45) is 0 Å². The number of sulfone groups is 1. The first-order chi connectivity index (χ1) is 19.4. The Hall–Kier alpha value is -5.97. The largest absolute Gasteiger partial charge is 0.457 e. The van der Waals surface area contributed by atoms with Gasteiger partial charge in [-0.3, -0.25) is 40.5 Å². The average molecular weight is 582 g/mol. The Morgan fingerprint density at radius 3 is 1.02 bits per heavy atom. The van der Waals surface area contributed by atoms with Crippen LogP contribution < -0.4 is 9.47 Å². The summed E-state index contributed by atoms with van der Waals surface area (Å²) < 4.78 is 37.1. The van der Waals surface area contributed by atoms with Gasteiger partial charge in [-0.2, -0.15) is 0 Å². The van der Waals surface area contributed by atoms with Gasteiger partial charge in [-0.25, -0.2) is 8.42 Å².